The SMILES string of the molecule is CCC=C(CN1CCCC(O)CC1)c1ccccc1. The highest BCUT2D eigenvalue weighted by molar-refractivity contribution is 5.66. The van der Waals surface area contributed by atoms with Gasteiger partial charge in [0, 0.05) is 13.1 Å². The van der Waals surface area contributed by atoms with Crippen LogP contribution in [0.15, 0.2) is 36.4 Å². The molecular formula is C17H25NO. The van der Waals surface area contributed by atoms with E-state index >= 15 is 0 Å². The van der Waals surface area contributed by atoms with Crippen molar-refractivity contribution in [2.75, 3.05) is 19.6 Å². The van der Waals surface area contributed by atoms with Crippen LogP contribution in [0.1, 0.15) is 38.2 Å². The van der Waals surface area contributed by atoms with Crippen LogP contribution in [0.5, 0.6) is 0 Å². The number of benzene rings is 1. The Balaban J connectivity index is 2.03. The fraction of sp³-hybridized carbons (Fsp3) is 0.529. The molecule has 1 unspecified atom stereocenters. The zero-order valence-corrected chi connectivity index (χ0v) is 11.9. The van der Waals surface area contributed by atoms with Crippen molar-refractivity contribution in [3.63, 3.8) is 0 Å². The van der Waals surface area contributed by atoms with E-state index in [1.807, 2.05) is 0 Å². The minimum Gasteiger partial charge on any atom is -0.393 e. The molecule has 1 heterocycles. The van der Waals surface area contributed by atoms with Gasteiger partial charge in [0.25, 0.3) is 0 Å². The molecule has 1 N–H and O–H groups in total. The number of allylic oxidation sites excluding steroid dienone is 1. The molecule has 1 aromatic carbocycles. The molecule has 1 aliphatic heterocycles. The van der Waals surface area contributed by atoms with Crippen LogP contribution >= 0.6 is 0 Å². The smallest absolute Gasteiger partial charge is 0.0553 e. The Morgan fingerprint density at radius 2 is 2.05 bits per heavy atom. The summed E-state index contributed by atoms with van der Waals surface area (Å²) >= 11 is 0. The first-order chi connectivity index (χ1) is 9.29. The van der Waals surface area contributed by atoms with Crippen LogP contribution in [0, 0.1) is 0 Å². The highest BCUT2D eigenvalue weighted by atomic mass is 16.3. The lowest BCUT2D eigenvalue weighted by molar-refractivity contribution is 0.156. The number of aliphatic hydroxyl groups is 1. The number of nitrogens with zero attached hydrogens (tertiary/aromatic N) is 1. The predicted octanol–water partition coefficient (Wildman–Crippen LogP) is 3.33. The molecule has 1 aromatic rings. The Hall–Kier alpha value is -1.12. The molecule has 0 aromatic heterocycles. The number of hydrogen-bond acceptors (Lipinski definition) is 2. The minimum absolute atomic E-state index is 0.0969. The van der Waals surface area contributed by atoms with Crippen LogP contribution in [-0.4, -0.2) is 35.7 Å². The number of likely N-dealkylation sites (tertiary alicyclic amines) is 1. The molecule has 2 nitrogen and oxygen atoms in total. The first-order valence-electron chi connectivity index (χ1n) is 7.44. The average Bonchev–Trinajstić information content (AvgIpc) is 2.64. The van der Waals surface area contributed by atoms with Crippen LogP contribution < -0.4 is 0 Å². The number of hydrogen-bond donors (Lipinski definition) is 1. The Morgan fingerprint density at radius 3 is 2.79 bits per heavy atom. The molecule has 0 amide bonds. The lowest BCUT2D eigenvalue weighted by Gasteiger charge is -2.22. The predicted molar refractivity (Wildman–Crippen MR) is 81.0 cm³/mol. The van der Waals surface area contributed by atoms with Gasteiger partial charge in [-0.25, -0.2) is 0 Å². The van der Waals surface area contributed by atoms with E-state index in [9.17, 15) is 5.11 Å². The van der Waals surface area contributed by atoms with Gasteiger partial charge in [0.1, 0.15) is 0 Å². The van der Waals surface area contributed by atoms with Crippen molar-refractivity contribution in [2.24, 2.45) is 0 Å². The molecule has 19 heavy (non-hydrogen) atoms. The van der Waals surface area contributed by atoms with Crippen LogP contribution in [0.2, 0.25) is 0 Å². The summed E-state index contributed by atoms with van der Waals surface area (Å²) < 4.78 is 0. The lowest BCUT2D eigenvalue weighted by atomic mass is 10.0. The third-order valence-corrected chi connectivity index (χ3v) is 3.78. The zero-order chi connectivity index (χ0) is 13.5. The Bertz CT molecular complexity index is 399. The summed E-state index contributed by atoms with van der Waals surface area (Å²) in [4.78, 5) is 2.48. The Kier molecular flexibility index (Phi) is 5.62. The summed E-state index contributed by atoms with van der Waals surface area (Å²) in [5.41, 5.74) is 2.74. The highest BCUT2D eigenvalue weighted by Crippen LogP contribution is 2.19. The Labute approximate surface area is 116 Å². The molecule has 0 radical (unpaired) electrons. The van der Waals surface area contributed by atoms with E-state index in [1.54, 1.807) is 0 Å². The molecule has 104 valence electrons. The van der Waals surface area contributed by atoms with Crippen LogP contribution in [0.25, 0.3) is 5.57 Å². The van der Waals surface area contributed by atoms with Gasteiger partial charge in [-0.2, -0.15) is 0 Å². The number of aliphatic hydroxyl groups excluding tert-OH is 1. The second kappa shape index (κ2) is 7.46. The normalized spacial score (nSPS) is 22.2. The van der Waals surface area contributed by atoms with E-state index < -0.39 is 0 Å². The third kappa shape index (κ3) is 4.48. The second-order valence-electron chi connectivity index (χ2n) is 5.36. The van der Waals surface area contributed by atoms with Gasteiger partial charge in [0.15, 0.2) is 0 Å². The largest absolute Gasteiger partial charge is 0.393 e. The molecule has 1 aliphatic rings. The maximum Gasteiger partial charge on any atom is 0.0553 e. The maximum atomic E-state index is 9.72. The van der Waals surface area contributed by atoms with Crippen molar-refractivity contribution in [2.45, 2.75) is 38.7 Å². The summed E-state index contributed by atoms with van der Waals surface area (Å²) in [6.07, 6.45) is 6.27. The molecule has 1 atom stereocenters. The topological polar surface area (TPSA) is 23.5 Å². The monoisotopic (exact) mass is 259 g/mol. The van der Waals surface area contributed by atoms with E-state index in [2.05, 4.69) is 48.2 Å². The van der Waals surface area contributed by atoms with Gasteiger partial charge in [-0.1, -0.05) is 43.3 Å². The second-order valence-corrected chi connectivity index (χ2v) is 5.36. The van der Waals surface area contributed by atoms with Crippen molar-refractivity contribution >= 4 is 5.57 Å². The molecular weight excluding hydrogens is 234 g/mol. The summed E-state index contributed by atoms with van der Waals surface area (Å²) in [6, 6.07) is 10.6. The minimum atomic E-state index is -0.0969. The quantitative estimate of drug-likeness (QED) is 0.896. The van der Waals surface area contributed by atoms with Gasteiger partial charge in [-0.15, -0.1) is 0 Å². The fourth-order valence-electron chi connectivity index (χ4n) is 2.71. The summed E-state index contributed by atoms with van der Waals surface area (Å²) in [6.45, 7) is 5.31. The van der Waals surface area contributed by atoms with E-state index in [1.165, 1.54) is 11.1 Å². The molecule has 0 spiro atoms. The first kappa shape index (κ1) is 14.3. The zero-order valence-electron chi connectivity index (χ0n) is 11.9. The summed E-state index contributed by atoms with van der Waals surface area (Å²) in [5.74, 6) is 0. The van der Waals surface area contributed by atoms with Gasteiger partial charge in [0.2, 0.25) is 0 Å². The van der Waals surface area contributed by atoms with Gasteiger partial charge in [0.05, 0.1) is 6.10 Å². The van der Waals surface area contributed by atoms with Crippen molar-refractivity contribution < 1.29 is 5.11 Å². The molecule has 0 bridgehead atoms. The van der Waals surface area contributed by atoms with Crippen LogP contribution in [0.3, 0.4) is 0 Å². The molecule has 0 aliphatic carbocycles. The van der Waals surface area contributed by atoms with E-state index in [-0.39, 0.29) is 6.10 Å². The highest BCUT2D eigenvalue weighted by Gasteiger charge is 2.16. The van der Waals surface area contributed by atoms with Gasteiger partial charge < -0.3 is 5.11 Å². The van der Waals surface area contributed by atoms with Crippen molar-refractivity contribution in [3.05, 3.63) is 42.0 Å². The van der Waals surface area contributed by atoms with E-state index in [4.69, 9.17) is 0 Å². The van der Waals surface area contributed by atoms with Crippen molar-refractivity contribution in [3.8, 4) is 0 Å². The molecule has 2 heteroatoms. The van der Waals surface area contributed by atoms with Crippen molar-refractivity contribution in [1.82, 2.24) is 4.90 Å². The fourth-order valence-corrected chi connectivity index (χ4v) is 2.71. The average molecular weight is 259 g/mol. The van der Waals surface area contributed by atoms with Crippen LogP contribution in [0.4, 0.5) is 0 Å². The molecule has 0 saturated carbocycles. The third-order valence-electron chi connectivity index (χ3n) is 3.78. The molecule has 1 fully saturated rings. The van der Waals surface area contributed by atoms with E-state index in [0.717, 1.165) is 45.3 Å². The number of rotatable bonds is 4. The Morgan fingerprint density at radius 1 is 1.26 bits per heavy atom. The standard InChI is InChI=1S/C17H25NO/c1-2-7-16(15-8-4-3-5-9-15)14-18-12-6-10-17(19)11-13-18/h3-5,7-9,17,19H,2,6,10-14H2,1H3. The summed E-state index contributed by atoms with van der Waals surface area (Å²) in [7, 11) is 0. The van der Waals surface area contributed by atoms with Gasteiger partial charge in [-0.05, 0) is 43.4 Å². The van der Waals surface area contributed by atoms with Crippen LogP contribution in [-0.2, 0) is 0 Å². The van der Waals surface area contributed by atoms with Gasteiger partial charge in [-0.3, -0.25) is 4.90 Å². The first-order valence-corrected chi connectivity index (χ1v) is 7.44. The maximum absolute atomic E-state index is 9.72. The molecule has 1 saturated heterocycles. The van der Waals surface area contributed by atoms with Crippen molar-refractivity contribution in [1.29, 1.82) is 0 Å². The lowest BCUT2D eigenvalue weighted by Crippen LogP contribution is -2.27. The summed E-state index contributed by atoms with van der Waals surface area (Å²) in [5, 5.41) is 9.72. The van der Waals surface area contributed by atoms with E-state index in [0.29, 0.717) is 0 Å². The van der Waals surface area contributed by atoms with Gasteiger partial charge >= 0.3 is 0 Å². The molecule has 2 rings (SSSR count).